The van der Waals surface area contributed by atoms with Gasteiger partial charge in [0.2, 0.25) is 5.96 Å². The second-order valence-electron chi connectivity index (χ2n) is 7.32. The highest BCUT2D eigenvalue weighted by Gasteiger charge is 2.17. The first-order valence-electron chi connectivity index (χ1n) is 9.50. The fourth-order valence-corrected chi connectivity index (χ4v) is 2.44. The lowest BCUT2D eigenvalue weighted by molar-refractivity contribution is 0.0562. The predicted molar refractivity (Wildman–Crippen MR) is 115 cm³/mol. The number of aliphatic imine (C=N–C) groups is 1. The van der Waals surface area contributed by atoms with E-state index in [9.17, 15) is 9.59 Å². The van der Waals surface area contributed by atoms with Crippen molar-refractivity contribution in [3.63, 3.8) is 0 Å². The van der Waals surface area contributed by atoms with Gasteiger partial charge in [-0.2, -0.15) is 0 Å². The van der Waals surface area contributed by atoms with Gasteiger partial charge in [-0.15, -0.1) is 0 Å². The lowest BCUT2D eigenvalue weighted by Crippen LogP contribution is -2.40. The summed E-state index contributed by atoms with van der Waals surface area (Å²) in [4.78, 5) is 28.5. The predicted octanol–water partition coefficient (Wildman–Crippen LogP) is 3.93. The van der Waals surface area contributed by atoms with Gasteiger partial charge in [0.05, 0.1) is 0 Å². The van der Waals surface area contributed by atoms with Crippen molar-refractivity contribution in [2.75, 3.05) is 11.9 Å². The number of carbonyl (C=O) groups excluding carboxylic acids is 2. The Morgan fingerprint density at radius 2 is 1.76 bits per heavy atom. The van der Waals surface area contributed by atoms with E-state index in [-0.39, 0.29) is 5.91 Å². The molecule has 0 aliphatic rings. The number of nitrogens with zero attached hydrogens (tertiary/aromatic N) is 1. The minimum Gasteiger partial charge on any atom is -0.444 e. The van der Waals surface area contributed by atoms with Crippen molar-refractivity contribution < 1.29 is 14.3 Å². The number of anilines is 1. The third-order valence-electron chi connectivity index (χ3n) is 3.61. The Bertz CT molecular complexity index is 858. The number of carbonyl (C=O) groups is 2. The Morgan fingerprint density at radius 3 is 2.41 bits per heavy atom. The van der Waals surface area contributed by atoms with Crippen molar-refractivity contribution in [1.82, 2.24) is 10.6 Å². The molecule has 0 radical (unpaired) electrons. The molecule has 0 bridgehead atoms. The number of guanidine groups is 1. The molecular weight excluding hydrogens is 368 g/mol. The highest BCUT2D eigenvalue weighted by atomic mass is 16.6. The van der Waals surface area contributed by atoms with Crippen LogP contribution in [0.15, 0.2) is 59.6 Å². The molecule has 2 rings (SSSR count). The largest absolute Gasteiger partial charge is 0.444 e. The van der Waals surface area contributed by atoms with Crippen molar-refractivity contribution in [2.24, 2.45) is 4.99 Å². The maximum atomic E-state index is 12.2. The maximum absolute atomic E-state index is 12.2. The van der Waals surface area contributed by atoms with Crippen molar-refractivity contribution in [3.05, 3.63) is 65.7 Å². The smallest absolute Gasteiger partial charge is 0.414 e. The van der Waals surface area contributed by atoms with E-state index in [1.165, 1.54) is 0 Å². The van der Waals surface area contributed by atoms with Crippen molar-refractivity contribution in [3.8, 4) is 0 Å². The second kappa shape index (κ2) is 10.3. The van der Waals surface area contributed by atoms with Crippen LogP contribution in [-0.2, 0) is 11.3 Å². The lowest BCUT2D eigenvalue weighted by atomic mass is 10.2. The number of rotatable bonds is 5. The Labute approximate surface area is 171 Å². The van der Waals surface area contributed by atoms with E-state index >= 15 is 0 Å². The number of benzene rings is 2. The normalized spacial score (nSPS) is 11.5. The molecule has 7 heteroatoms. The highest BCUT2D eigenvalue weighted by Crippen LogP contribution is 2.12. The summed E-state index contributed by atoms with van der Waals surface area (Å²) >= 11 is 0. The van der Waals surface area contributed by atoms with Crippen LogP contribution in [0.5, 0.6) is 0 Å². The van der Waals surface area contributed by atoms with E-state index < -0.39 is 11.7 Å². The molecule has 29 heavy (non-hydrogen) atoms. The number of amides is 2. The Balaban J connectivity index is 1.98. The molecule has 0 spiro atoms. The molecule has 2 aromatic rings. The van der Waals surface area contributed by atoms with Gasteiger partial charge in [-0.3, -0.25) is 15.1 Å². The van der Waals surface area contributed by atoms with E-state index in [0.29, 0.717) is 24.6 Å². The van der Waals surface area contributed by atoms with Crippen LogP contribution in [0.25, 0.3) is 0 Å². The third kappa shape index (κ3) is 8.04. The third-order valence-corrected chi connectivity index (χ3v) is 3.61. The monoisotopic (exact) mass is 396 g/mol. The van der Waals surface area contributed by atoms with Gasteiger partial charge in [-0.05, 0) is 57.5 Å². The van der Waals surface area contributed by atoms with Gasteiger partial charge in [0.25, 0.3) is 5.91 Å². The summed E-state index contributed by atoms with van der Waals surface area (Å²) in [6.07, 6.45) is -0.580. The zero-order valence-corrected chi connectivity index (χ0v) is 17.3. The molecule has 0 saturated carbocycles. The second-order valence-corrected chi connectivity index (χ2v) is 7.32. The molecule has 154 valence electrons. The molecule has 2 aromatic carbocycles. The molecule has 3 N–H and O–H groups in total. The number of nitrogens with one attached hydrogen (secondary N) is 3. The van der Waals surface area contributed by atoms with Crippen molar-refractivity contribution in [2.45, 2.75) is 39.8 Å². The van der Waals surface area contributed by atoms with Gasteiger partial charge in [-0.25, -0.2) is 4.79 Å². The first kappa shape index (κ1) is 21.9. The standard InChI is InChI=1S/C22H28N4O3/c1-5-23-20(26-21(28)29-22(2,3)4)25-18-13-9-10-16(14-18)15-24-19(27)17-11-7-6-8-12-17/h6-14H,5,15H2,1-4H3,(H,24,27)(H2,23,25,26,28). The van der Waals surface area contributed by atoms with Gasteiger partial charge in [-0.1, -0.05) is 30.3 Å². The number of alkyl carbamates (subject to hydrolysis) is 1. The summed E-state index contributed by atoms with van der Waals surface area (Å²) in [5, 5.41) is 8.60. The molecule has 0 aliphatic carbocycles. The fraction of sp³-hybridized carbons (Fsp3) is 0.318. The first-order chi connectivity index (χ1) is 13.8. The van der Waals surface area contributed by atoms with E-state index in [0.717, 1.165) is 11.3 Å². The van der Waals surface area contributed by atoms with E-state index in [1.54, 1.807) is 32.9 Å². The number of hydrogen-bond acceptors (Lipinski definition) is 4. The van der Waals surface area contributed by atoms with Crippen molar-refractivity contribution in [1.29, 1.82) is 0 Å². The Kier molecular flexibility index (Phi) is 7.77. The molecule has 0 saturated heterocycles. The van der Waals surface area contributed by atoms with E-state index in [4.69, 9.17) is 4.74 Å². The molecule has 7 nitrogen and oxygen atoms in total. The van der Waals surface area contributed by atoms with E-state index in [1.807, 2.05) is 49.4 Å². The van der Waals surface area contributed by atoms with E-state index in [2.05, 4.69) is 20.9 Å². The van der Waals surface area contributed by atoms with Crippen LogP contribution in [0.4, 0.5) is 10.5 Å². The Hall–Kier alpha value is -3.35. The molecule has 0 heterocycles. The quantitative estimate of drug-likeness (QED) is 0.527. The van der Waals surface area contributed by atoms with Crippen LogP contribution < -0.4 is 16.0 Å². The Morgan fingerprint density at radius 1 is 1.03 bits per heavy atom. The van der Waals surface area contributed by atoms with Crippen LogP contribution in [0, 0.1) is 0 Å². The van der Waals surface area contributed by atoms with Gasteiger partial charge in [0.15, 0.2) is 0 Å². The topological polar surface area (TPSA) is 91.8 Å². The summed E-state index contributed by atoms with van der Waals surface area (Å²) in [7, 11) is 0. The molecular formula is C22H28N4O3. The fourth-order valence-electron chi connectivity index (χ4n) is 2.44. The van der Waals surface area contributed by atoms with Gasteiger partial charge >= 0.3 is 6.09 Å². The molecule has 0 fully saturated rings. The zero-order chi connectivity index (χ0) is 21.3. The first-order valence-corrected chi connectivity index (χ1v) is 9.50. The molecule has 2 amide bonds. The average molecular weight is 396 g/mol. The summed E-state index contributed by atoms with van der Waals surface area (Å²) in [5.74, 6) is 0.163. The van der Waals surface area contributed by atoms with Crippen LogP contribution in [0.1, 0.15) is 43.6 Å². The molecule has 0 aromatic heterocycles. The van der Waals surface area contributed by atoms with Gasteiger partial charge in [0.1, 0.15) is 5.60 Å². The molecule has 0 atom stereocenters. The summed E-state index contributed by atoms with van der Waals surface area (Å²) in [6.45, 7) is 8.12. The number of ether oxygens (including phenoxy) is 1. The van der Waals surface area contributed by atoms with Gasteiger partial charge < -0.3 is 15.4 Å². The summed E-state index contributed by atoms with van der Waals surface area (Å²) in [5.41, 5.74) is 1.66. The minimum atomic E-state index is -0.599. The van der Waals surface area contributed by atoms with Crippen molar-refractivity contribution >= 4 is 23.6 Å². The van der Waals surface area contributed by atoms with Crippen LogP contribution in [-0.4, -0.2) is 30.1 Å². The van der Waals surface area contributed by atoms with Gasteiger partial charge in [0, 0.05) is 24.3 Å². The highest BCUT2D eigenvalue weighted by molar-refractivity contribution is 6.02. The zero-order valence-electron chi connectivity index (χ0n) is 17.3. The number of hydrogen-bond donors (Lipinski definition) is 3. The average Bonchev–Trinajstić information content (AvgIpc) is 2.66. The summed E-state index contributed by atoms with van der Waals surface area (Å²) < 4.78 is 5.26. The van der Waals surface area contributed by atoms with Crippen LogP contribution in [0.2, 0.25) is 0 Å². The lowest BCUT2D eigenvalue weighted by Gasteiger charge is -2.20. The summed E-state index contributed by atoms with van der Waals surface area (Å²) in [6, 6.07) is 16.6. The molecule has 0 unspecified atom stereocenters. The maximum Gasteiger partial charge on any atom is 0.414 e. The molecule has 0 aliphatic heterocycles. The van der Waals surface area contributed by atoms with Crippen LogP contribution in [0.3, 0.4) is 0 Å². The SMILES string of the molecule is CCN=C(NC(=O)OC(C)(C)C)Nc1cccc(CNC(=O)c2ccccc2)c1. The minimum absolute atomic E-state index is 0.135. The van der Waals surface area contributed by atoms with Crippen LogP contribution >= 0.6 is 0 Å².